The average molecular weight is 458 g/mol. The molecule has 3 heterocycles. The van der Waals surface area contributed by atoms with Crippen molar-refractivity contribution in [2.45, 2.75) is 71.6 Å². The van der Waals surface area contributed by atoms with Crippen LogP contribution in [0.2, 0.25) is 0 Å². The van der Waals surface area contributed by atoms with Crippen LogP contribution in [0.4, 0.5) is 17.3 Å². The molecule has 33 heavy (non-hydrogen) atoms. The van der Waals surface area contributed by atoms with Gasteiger partial charge in [-0.05, 0) is 68.7 Å². The largest absolute Gasteiger partial charge is 0.366 e. The second-order valence-electron chi connectivity index (χ2n) is 9.53. The number of imidazole rings is 1. The molecule has 9 heteroatoms. The highest BCUT2D eigenvalue weighted by Crippen LogP contribution is 2.50. The second kappa shape index (κ2) is 9.50. The summed E-state index contributed by atoms with van der Waals surface area (Å²) in [5.41, 5.74) is 7.95. The lowest BCUT2D eigenvalue weighted by Gasteiger charge is -2.50. The molecule has 0 N–H and O–H groups in total. The third-order valence-electron chi connectivity index (χ3n) is 6.98. The molecule has 0 saturated heterocycles. The van der Waals surface area contributed by atoms with Crippen LogP contribution >= 0.6 is 0 Å². The third-order valence-corrected chi connectivity index (χ3v) is 6.98. The van der Waals surface area contributed by atoms with Crippen molar-refractivity contribution in [3.05, 3.63) is 34.1 Å². The molecule has 1 atom stereocenters. The molecule has 180 valence electrons. The molecule has 0 amide bonds. The first-order chi connectivity index (χ1) is 15.8. The predicted molar refractivity (Wildman–Crippen MR) is 125 cm³/mol. The Kier molecular flexibility index (Phi) is 6.86. The summed E-state index contributed by atoms with van der Waals surface area (Å²) >= 11 is 0. The molecule has 0 fully saturated rings. The second-order valence-corrected chi connectivity index (χ2v) is 9.53. The van der Waals surface area contributed by atoms with E-state index >= 15 is 0 Å². The first kappa shape index (κ1) is 23.8. The van der Waals surface area contributed by atoms with Gasteiger partial charge in [-0.1, -0.05) is 6.92 Å². The first-order valence-corrected chi connectivity index (χ1v) is 11.5. The minimum atomic E-state index is 0.172. The van der Waals surface area contributed by atoms with Gasteiger partial charge in [0.25, 0.3) is 0 Å². The summed E-state index contributed by atoms with van der Waals surface area (Å²) in [6, 6.07) is 2.22. The van der Waals surface area contributed by atoms with E-state index in [1.54, 1.807) is 0 Å². The molecule has 0 bridgehead atoms. The molecular weight excluding hydrogens is 422 g/mol. The molecular formula is C24H35N5O4. The highest BCUT2D eigenvalue weighted by atomic mass is 17.2. The van der Waals surface area contributed by atoms with Gasteiger partial charge in [-0.25, -0.2) is 24.5 Å². The summed E-state index contributed by atoms with van der Waals surface area (Å²) in [5.74, 6) is 0.947. The summed E-state index contributed by atoms with van der Waals surface area (Å²) in [6.07, 6.45) is 3.37. The highest BCUT2D eigenvalue weighted by molar-refractivity contribution is 5.73. The lowest BCUT2D eigenvalue weighted by Crippen LogP contribution is -2.50. The number of hydrogen-bond acceptors (Lipinski definition) is 8. The molecule has 2 aliphatic rings. The van der Waals surface area contributed by atoms with Crippen molar-refractivity contribution < 1.29 is 19.6 Å². The van der Waals surface area contributed by atoms with Crippen LogP contribution in [0.1, 0.15) is 67.6 Å². The molecule has 1 unspecified atom stereocenters. The van der Waals surface area contributed by atoms with Crippen LogP contribution in [-0.2, 0) is 46.2 Å². The maximum Gasteiger partial charge on any atom is 0.249 e. The number of hydrogen-bond donors (Lipinski definition) is 0. The van der Waals surface area contributed by atoms with Gasteiger partial charge in [-0.2, -0.15) is 0 Å². The lowest BCUT2D eigenvalue weighted by atomic mass is 9.76. The van der Waals surface area contributed by atoms with Crippen LogP contribution < -0.4 is 4.90 Å². The molecule has 1 aromatic heterocycles. The van der Waals surface area contributed by atoms with Gasteiger partial charge >= 0.3 is 0 Å². The van der Waals surface area contributed by atoms with E-state index in [4.69, 9.17) is 19.6 Å². The van der Waals surface area contributed by atoms with E-state index in [1.807, 2.05) is 11.6 Å². The van der Waals surface area contributed by atoms with Gasteiger partial charge in [0.2, 0.25) is 5.95 Å². The smallest absolute Gasteiger partial charge is 0.249 e. The van der Waals surface area contributed by atoms with Crippen molar-refractivity contribution in [2.75, 3.05) is 25.7 Å². The molecule has 4 rings (SSSR count). The molecule has 2 aromatic rings. The molecule has 0 radical (unpaired) electrons. The van der Waals surface area contributed by atoms with Crippen LogP contribution in [0.25, 0.3) is 0 Å². The maximum atomic E-state index is 5.12. The Morgan fingerprint density at radius 3 is 2.61 bits per heavy atom. The van der Waals surface area contributed by atoms with E-state index in [9.17, 15) is 0 Å². The fraction of sp³-hybridized carbons (Fsp3) is 0.625. The Balaban J connectivity index is 1.71. The van der Waals surface area contributed by atoms with Gasteiger partial charge in [0.15, 0.2) is 0 Å². The third kappa shape index (κ3) is 4.42. The molecule has 2 aliphatic heterocycles. The molecule has 9 nitrogen and oxygen atoms in total. The average Bonchev–Trinajstić information content (AvgIpc) is 3.08. The first-order valence-electron chi connectivity index (χ1n) is 11.5. The normalized spacial score (nSPS) is 19.4. The zero-order chi connectivity index (χ0) is 23.8. The van der Waals surface area contributed by atoms with Gasteiger partial charge in [-0.3, -0.25) is 0 Å². The standard InChI is InChI=1S/C24H35N5O4/c1-15-12-24(3,4)29-10-8-9-17-16(2)19(11-18(15)22(17)29)26-27-23-25-20(13-32-30-6)21(28(23)5)14-33-31-7/h11,15H,8-10,12-14H2,1-7H3. The molecule has 0 spiro atoms. The molecule has 0 aliphatic carbocycles. The van der Waals surface area contributed by atoms with Gasteiger partial charge < -0.3 is 9.47 Å². The van der Waals surface area contributed by atoms with Crippen LogP contribution in [0.3, 0.4) is 0 Å². The van der Waals surface area contributed by atoms with E-state index in [0.29, 0.717) is 17.6 Å². The zero-order valence-corrected chi connectivity index (χ0v) is 20.8. The highest BCUT2D eigenvalue weighted by Gasteiger charge is 2.39. The Morgan fingerprint density at radius 2 is 1.88 bits per heavy atom. The van der Waals surface area contributed by atoms with Gasteiger partial charge in [0.1, 0.15) is 13.2 Å². The van der Waals surface area contributed by atoms with Crippen molar-refractivity contribution in [2.24, 2.45) is 17.3 Å². The summed E-state index contributed by atoms with van der Waals surface area (Å²) < 4.78 is 1.83. The van der Waals surface area contributed by atoms with Crippen molar-refractivity contribution in [1.29, 1.82) is 0 Å². The monoisotopic (exact) mass is 457 g/mol. The zero-order valence-electron chi connectivity index (χ0n) is 20.8. The summed E-state index contributed by atoms with van der Waals surface area (Å²) in [7, 11) is 4.80. The van der Waals surface area contributed by atoms with Crippen molar-refractivity contribution >= 4 is 17.3 Å². The minimum Gasteiger partial charge on any atom is -0.366 e. The lowest BCUT2D eigenvalue weighted by molar-refractivity contribution is -0.288. The number of nitrogens with zero attached hydrogens (tertiary/aromatic N) is 5. The van der Waals surface area contributed by atoms with Crippen LogP contribution in [0, 0.1) is 6.92 Å². The predicted octanol–water partition coefficient (Wildman–Crippen LogP) is 5.34. The van der Waals surface area contributed by atoms with Crippen molar-refractivity contribution in [3.63, 3.8) is 0 Å². The van der Waals surface area contributed by atoms with Gasteiger partial charge in [0.05, 0.1) is 31.3 Å². The van der Waals surface area contributed by atoms with Gasteiger partial charge in [0, 0.05) is 24.8 Å². The van der Waals surface area contributed by atoms with Crippen LogP contribution in [0.5, 0.6) is 0 Å². The molecule has 0 saturated carbocycles. The number of anilines is 1. The quantitative estimate of drug-likeness (QED) is 0.302. The van der Waals surface area contributed by atoms with E-state index in [1.165, 1.54) is 36.6 Å². The van der Waals surface area contributed by atoms with E-state index in [0.717, 1.165) is 37.2 Å². The topological polar surface area (TPSA) is 82.7 Å². The summed E-state index contributed by atoms with van der Waals surface area (Å²) in [6.45, 7) is 10.7. The fourth-order valence-corrected chi connectivity index (χ4v) is 5.32. The van der Waals surface area contributed by atoms with Crippen LogP contribution in [-0.4, -0.2) is 35.9 Å². The number of aromatic nitrogens is 2. The Morgan fingerprint density at radius 1 is 1.15 bits per heavy atom. The van der Waals surface area contributed by atoms with E-state index in [2.05, 4.69) is 53.9 Å². The number of azo groups is 1. The van der Waals surface area contributed by atoms with Crippen LogP contribution in [0.15, 0.2) is 16.3 Å². The van der Waals surface area contributed by atoms with Crippen molar-refractivity contribution in [1.82, 2.24) is 9.55 Å². The molecule has 1 aromatic carbocycles. The summed E-state index contributed by atoms with van der Waals surface area (Å²) in [5, 5.41) is 9.19. The minimum absolute atomic E-state index is 0.172. The fourth-order valence-electron chi connectivity index (χ4n) is 5.32. The SMILES string of the molecule is COOCc1nc(N=Nc2cc3c4c(c2C)CCCN4C(C)(C)CC3C)n(C)c1COOC. The van der Waals surface area contributed by atoms with E-state index < -0.39 is 0 Å². The van der Waals surface area contributed by atoms with Gasteiger partial charge in [-0.15, -0.1) is 10.2 Å². The number of benzene rings is 1. The Bertz CT molecular complexity index is 1050. The Hall–Kier alpha value is -2.33. The Labute approximate surface area is 195 Å². The van der Waals surface area contributed by atoms with Crippen molar-refractivity contribution in [3.8, 4) is 0 Å². The maximum absolute atomic E-state index is 5.12. The summed E-state index contributed by atoms with van der Waals surface area (Å²) in [4.78, 5) is 26.9. The van der Waals surface area contributed by atoms with E-state index in [-0.39, 0.29) is 18.8 Å². The number of rotatable bonds is 8.